The Labute approximate surface area is 140 Å². The molecule has 6 heteroatoms. The lowest BCUT2D eigenvalue weighted by Crippen LogP contribution is -2.45. The Kier molecular flexibility index (Phi) is 4.14. The molecule has 0 radical (unpaired) electrons. The molecule has 2 aromatic carbocycles. The summed E-state index contributed by atoms with van der Waals surface area (Å²) in [5, 5.41) is 2.93. The summed E-state index contributed by atoms with van der Waals surface area (Å²) in [4.78, 5) is 4.48. The second kappa shape index (κ2) is 6.25. The molecular formula is C18H20N4O2. The SMILES string of the molecule is COc1cccc(C2=CNC(N)=NC2(N)c2ccccc2OC)c1. The number of hydrogen-bond acceptors (Lipinski definition) is 6. The van der Waals surface area contributed by atoms with Crippen molar-refractivity contribution >= 4 is 11.5 Å². The zero-order valence-corrected chi connectivity index (χ0v) is 13.6. The molecule has 0 amide bonds. The minimum atomic E-state index is -1.17. The van der Waals surface area contributed by atoms with Gasteiger partial charge in [-0.3, -0.25) is 5.73 Å². The van der Waals surface area contributed by atoms with Crippen LogP contribution < -0.4 is 26.3 Å². The summed E-state index contributed by atoms with van der Waals surface area (Å²) >= 11 is 0. The van der Waals surface area contributed by atoms with E-state index < -0.39 is 5.66 Å². The zero-order chi connectivity index (χ0) is 17.2. The van der Waals surface area contributed by atoms with Crippen LogP contribution in [0.5, 0.6) is 11.5 Å². The monoisotopic (exact) mass is 324 g/mol. The number of hydrogen-bond donors (Lipinski definition) is 3. The molecule has 1 heterocycles. The van der Waals surface area contributed by atoms with E-state index in [-0.39, 0.29) is 5.96 Å². The summed E-state index contributed by atoms with van der Waals surface area (Å²) in [6.45, 7) is 0. The smallest absolute Gasteiger partial charge is 0.195 e. The molecule has 2 aromatic rings. The third kappa shape index (κ3) is 2.68. The topological polar surface area (TPSA) is 94.9 Å². The summed E-state index contributed by atoms with van der Waals surface area (Å²) in [7, 11) is 3.23. The van der Waals surface area contributed by atoms with E-state index >= 15 is 0 Å². The van der Waals surface area contributed by atoms with Gasteiger partial charge in [0.2, 0.25) is 0 Å². The van der Waals surface area contributed by atoms with Crippen LogP contribution in [0.15, 0.2) is 59.7 Å². The Morgan fingerprint density at radius 2 is 1.83 bits per heavy atom. The molecule has 5 N–H and O–H groups in total. The van der Waals surface area contributed by atoms with Crippen LogP contribution >= 0.6 is 0 Å². The number of para-hydroxylation sites is 1. The highest BCUT2D eigenvalue weighted by Crippen LogP contribution is 2.41. The average molecular weight is 324 g/mol. The van der Waals surface area contributed by atoms with E-state index in [0.717, 1.165) is 22.4 Å². The Morgan fingerprint density at radius 1 is 1.04 bits per heavy atom. The summed E-state index contributed by atoms with van der Waals surface area (Å²) in [6.07, 6.45) is 1.77. The zero-order valence-electron chi connectivity index (χ0n) is 13.6. The van der Waals surface area contributed by atoms with Crippen molar-refractivity contribution in [1.29, 1.82) is 0 Å². The first-order valence-electron chi connectivity index (χ1n) is 7.48. The molecule has 0 spiro atoms. The third-order valence-corrected chi connectivity index (χ3v) is 3.97. The first-order chi connectivity index (χ1) is 11.6. The Hall–Kier alpha value is -2.99. The fraction of sp³-hybridized carbons (Fsp3) is 0.167. The Bertz CT molecular complexity index is 816. The van der Waals surface area contributed by atoms with Gasteiger partial charge >= 0.3 is 0 Å². The predicted molar refractivity (Wildman–Crippen MR) is 94.6 cm³/mol. The van der Waals surface area contributed by atoms with Crippen molar-refractivity contribution in [3.63, 3.8) is 0 Å². The van der Waals surface area contributed by atoms with Crippen molar-refractivity contribution in [2.45, 2.75) is 5.66 Å². The van der Waals surface area contributed by atoms with E-state index in [9.17, 15) is 0 Å². The van der Waals surface area contributed by atoms with Gasteiger partial charge in [0.25, 0.3) is 0 Å². The van der Waals surface area contributed by atoms with Gasteiger partial charge in [-0.1, -0.05) is 30.3 Å². The van der Waals surface area contributed by atoms with E-state index in [2.05, 4.69) is 10.3 Å². The largest absolute Gasteiger partial charge is 0.497 e. The summed E-state index contributed by atoms with van der Waals surface area (Å²) in [5.41, 5.74) is 13.8. The molecule has 24 heavy (non-hydrogen) atoms. The molecule has 0 aromatic heterocycles. The summed E-state index contributed by atoms with van der Waals surface area (Å²) in [5.74, 6) is 1.63. The Morgan fingerprint density at radius 3 is 2.58 bits per heavy atom. The maximum absolute atomic E-state index is 6.72. The van der Waals surface area contributed by atoms with Crippen LogP contribution in [-0.4, -0.2) is 20.2 Å². The molecule has 0 saturated carbocycles. The summed E-state index contributed by atoms with van der Waals surface area (Å²) < 4.78 is 10.8. The standard InChI is InChI=1S/C18H20N4O2/c1-23-13-7-5-6-12(10-13)15-11-21-17(19)22-18(15,20)14-8-3-4-9-16(14)24-2/h3-11H,20H2,1-2H3,(H3,19,21,22). The molecule has 1 aliphatic rings. The van der Waals surface area contributed by atoms with Gasteiger partial charge in [0.15, 0.2) is 11.6 Å². The van der Waals surface area contributed by atoms with Crippen molar-refractivity contribution in [2.24, 2.45) is 16.5 Å². The highest BCUT2D eigenvalue weighted by atomic mass is 16.5. The van der Waals surface area contributed by atoms with Crippen molar-refractivity contribution in [3.8, 4) is 11.5 Å². The van der Waals surface area contributed by atoms with E-state index in [1.165, 1.54) is 0 Å². The van der Waals surface area contributed by atoms with Crippen molar-refractivity contribution in [2.75, 3.05) is 14.2 Å². The number of ether oxygens (including phenoxy) is 2. The van der Waals surface area contributed by atoms with Crippen molar-refractivity contribution in [3.05, 3.63) is 65.9 Å². The minimum absolute atomic E-state index is 0.245. The van der Waals surface area contributed by atoms with Crippen LogP contribution in [0.25, 0.3) is 5.57 Å². The van der Waals surface area contributed by atoms with Crippen LogP contribution in [0, 0.1) is 0 Å². The average Bonchev–Trinajstić information content (AvgIpc) is 2.61. The quantitative estimate of drug-likeness (QED) is 0.797. The van der Waals surface area contributed by atoms with Crippen LogP contribution in [0.3, 0.4) is 0 Å². The predicted octanol–water partition coefficient (Wildman–Crippen LogP) is 1.77. The van der Waals surface area contributed by atoms with Gasteiger partial charge < -0.3 is 20.5 Å². The molecule has 0 bridgehead atoms. The van der Waals surface area contributed by atoms with E-state index in [1.54, 1.807) is 20.4 Å². The minimum Gasteiger partial charge on any atom is -0.497 e. The highest BCUT2D eigenvalue weighted by molar-refractivity contribution is 5.89. The van der Waals surface area contributed by atoms with Crippen LogP contribution in [0.4, 0.5) is 0 Å². The Balaban J connectivity index is 2.17. The van der Waals surface area contributed by atoms with Crippen LogP contribution in [0.1, 0.15) is 11.1 Å². The number of benzene rings is 2. The number of nitrogens with two attached hydrogens (primary N) is 2. The van der Waals surface area contributed by atoms with E-state index in [4.69, 9.17) is 20.9 Å². The number of rotatable bonds is 4. The molecular weight excluding hydrogens is 304 g/mol. The highest BCUT2D eigenvalue weighted by Gasteiger charge is 2.37. The van der Waals surface area contributed by atoms with E-state index in [1.807, 2.05) is 48.5 Å². The number of nitrogens with one attached hydrogen (secondary N) is 1. The number of aliphatic imine (C=N–C) groups is 1. The van der Waals surface area contributed by atoms with Crippen LogP contribution in [-0.2, 0) is 5.66 Å². The molecule has 0 fully saturated rings. The number of methoxy groups -OCH3 is 2. The molecule has 0 aliphatic carbocycles. The van der Waals surface area contributed by atoms with Gasteiger partial charge in [-0.05, 0) is 23.8 Å². The third-order valence-electron chi connectivity index (χ3n) is 3.97. The van der Waals surface area contributed by atoms with E-state index in [0.29, 0.717) is 5.75 Å². The lowest BCUT2D eigenvalue weighted by atomic mass is 9.86. The lowest BCUT2D eigenvalue weighted by molar-refractivity contribution is 0.399. The fourth-order valence-electron chi connectivity index (χ4n) is 2.80. The van der Waals surface area contributed by atoms with Gasteiger partial charge in [-0.25, -0.2) is 4.99 Å². The molecule has 1 atom stereocenters. The maximum Gasteiger partial charge on any atom is 0.195 e. The first kappa shape index (κ1) is 15.9. The van der Waals surface area contributed by atoms with Gasteiger partial charge in [-0.2, -0.15) is 0 Å². The second-order valence-electron chi connectivity index (χ2n) is 5.40. The molecule has 1 aliphatic heterocycles. The molecule has 124 valence electrons. The maximum atomic E-state index is 6.72. The summed E-state index contributed by atoms with van der Waals surface area (Å²) in [6, 6.07) is 15.1. The van der Waals surface area contributed by atoms with Gasteiger partial charge in [0.05, 0.1) is 14.2 Å². The second-order valence-corrected chi connectivity index (χ2v) is 5.40. The van der Waals surface area contributed by atoms with Gasteiger partial charge in [-0.15, -0.1) is 0 Å². The first-order valence-corrected chi connectivity index (χ1v) is 7.48. The molecule has 3 rings (SSSR count). The number of guanidine groups is 1. The van der Waals surface area contributed by atoms with Gasteiger partial charge in [0, 0.05) is 17.3 Å². The molecule has 0 saturated heterocycles. The van der Waals surface area contributed by atoms with Crippen molar-refractivity contribution < 1.29 is 9.47 Å². The normalized spacial score (nSPS) is 19.8. The fourth-order valence-corrected chi connectivity index (χ4v) is 2.80. The van der Waals surface area contributed by atoms with Gasteiger partial charge in [0.1, 0.15) is 11.5 Å². The van der Waals surface area contributed by atoms with Crippen molar-refractivity contribution in [1.82, 2.24) is 5.32 Å². The number of nitrogens with zero attached hydrogens (tertiary/aromatic N) is 1. The molecule has 6 nitrogen and oxygen atoms in total. The molecule has 1 unspecified atom stereocenters. The lowest BCUT2D eigenvalue weighted by Gasteiger charge is -2.33. The van der Waals surface area contributed by atoms with Crippen LogP contribution in [0.2, 0.25) is 0 Å².